The first-order valence-electron chi connectivity index (χ1n) is 1.02. The second-order valence-electron chi connectivity index (χ2n) is 0.316. The van der Waals surface area contributed by atoms with Gasteiger partial charge in [0, 0.05) is 24.0 Å². The van der Waals surface area contributed by atoms with Gasteiger partial charge >= 0.3 is 0 Å². The Balaban J connectivity index is -0.0000000200. The van der Waals surface area contributed by atoms with Crippen LogP contribution < -0.4 is 0 Å². The van der Waals surface area contributed by atoms with Gasteiger partial charge in [-0.25, -0.2) is 0 Å². The van der Waals surface area contributed by atoms with E-state index in [2.05, 4.69) is 0 Å². The van der Waals surface area contributed by atoms with Gasteiger partial charge in [-0.2, -0.15) is 0 Å². The number of aliphatic hydroxyl groups excluding tert-OH is 1. The summed E-state index contributed by atoms with van der Waals surface area (Å²) in [7, 11) is 0. The predicted octanol–water partition coefficient (Wildman–Crippen LogP) is -1.21. The van der Waals surface area contributed by atoms with Crippen LogP contribution in [0.15, 0.2) is 0 Å². The molecule has 0 rings (SSSR count). The summed E-state index contributed by atoms with van der Waals surface area (Å²) in [6, 6.07) is 0. The van der Waals surface area contributed by atoms with Gasteiger partial charge in [-0.05, 0) is 6.92 Å². The average molecular weight is 91.1 g/mol. The first-order chi connectivity index (χ1) is 1.41. The lowest BCUT2D eigenvalue weighted by Gasteiger charge is -1.52. The van der Waals surface area contributed by atoms with Gasteiger partial charge in [0.2, 0.25) is 0 Å². The minimum Gasteiger partial charge on any atom is -0.412 e. The number of hydrogen-bond acceptors (Lipinski definition) is 1. The minimum absolute atomic E-state index is 0. The maximum atomic E-state index is 7.57. The van der Waals surface area contributed by atoms with Crippen LogP contribution in [0.2, 0.25) is 0 Å². The van der Waals surface area contributed by atoms with Crippen LogP contribution in [0.5, 0.6) is 0 Å². The highest BCUT2D eigenvalue weighted by molar-refractivity contribution is 5.75. The molecule has 0 aromatic rings. The lowest BCUT2D eigenvalue weighted by atomic mass is 10.9. The van der Waals surface area contributed by atoms with E-state index in [9.17, 15) is 0 Å². The first-order valence-corrected chi connectivity index (χ1v) is 1.02. The molecule has 0 unspecified atom stereocenters. The highest BCUT2D eigenvalue weighted by Crippen LogP contribution is 1.30. The molecule has 3 radical (unpaired) electrons. The Morgan fingerprint density at radius 2 is 1.60 bits per heavy atom. The zero-order chi connectivity index (χ0) is 2.71. The van der Waals surface area contributed by atoms with E-state index in [0.29, 0.717) is 0 Å². The molecule has 3 N–H and O–H groups in total. The summed E-state index contributed by atoms with van der Waals surface area (Å²) in [5.41, 5.74) is 0. The standard InChI is InChI=1S/C2H6O.Al.H2O/c1-2-3;;/h3H,2H2,1H3;;1H2. The number of rotatable bonds is 0. The highest BCUT2D eigenvalue weighted by Gasteiger charge is 1.34. The molecule has 0 fully saturated rings. The molecule has 31 valence electrons. The van der Waals surface area contributed by atoms with Crippen molar-refractivity contribution < 1.29 is 10.6 Å². The van der Waals surface area contributed by atoms with Gasteiger partial charge in [-0.15, -0.1) is 0 Å². The van der Waals surface area contributed by atoms with Crippen molar-refractivity contribution in [1.29, 1.82) is 0 Å². The third kappa shape index (κ3) is 131. The summed E-state index contributed by atoms with van der Waals surface area (Å²) in [6.45, 7) is 1.93. The highest BCUT2D eigenvalue weighted by atomic mass is 27.0. The van der Waals surface area contributed by atoms with Gasteiger partial charge in [0.25, 0.3) is 0 Å². The molecule has 3 heteroatoms. The summed E-state index contributed by atoms with van der Waals surface area (Å²) in [6.07, 6.45) is 0. The molecule has 0 saturated carbocycles. The smallest absolute Gasteiger partial charge is 0.0402 e. The molecule has 0 aliphatic rings. The van der Waals surface area contributed by atoms with E-state index >= 15 is 0 Å². The SMILES string of the molecule is CCO.O.[Al]. The van der Waals surface area contributed by atoms with Gasteiger partial charge in [0.1, 0.15) is 0 Å². The molecule has 5 heavy (non-hydrogen) atoms. The maximum absolute atomic E-state index is 7.57. The predicted molar refractivity (Wildman–Crippen MR) is 22.1 cm³/mol. The van der Waals surface area contributed by atoms with E-state index in [0.717, 1.165) is 0 Å². The van der Waals surface area contributed by atoms with Crippen LogP contribution in [0.3, 0.4) is 0 Å². The molecule has 0 saturated heterocycles. The van der Waals surface area contributed by atoms with E-state index < -0.39 is 0 Å². The van der Waals surface area contributed by atoms with Crippen molar-refractivity contribution in [1.82, 2.24) is 0 Å². The Hall–Kier alpha value is 0.452. The van der Waals surface area contributed by atoms with E-state index in [1.165, 1.54) is 0 Å². The van der Waals surface area contributed by atoms with Gasteiger partial charge in [0.05, 0.1) is 0 Å². The molecular formula is C2H8AlO2. The Bertz CT molecular complexity index is 7.61. The van der Waals surface area contributed by atoms with Gasteiger partial charge in [-0.3, -0.25) is 0 Å². The fourth-order valence-corrected chi connectivity index (χ4v) is 0. The lowest BCUT2D eigenvalue weighted by Crippen LogP contribution is -1.57. The number of aliphatic hydroxyl groups is 1. The third-order valence-corrected chi connectivity index (χ3v) is 0. The first kappa shape index (κ1) is 18.0. The Labute approximate surface area is 42.3 Å². The van der Waals surface area contributed by atoms with Crippen LogP contribution >= 0.6 is 0 Å². The molecule has 0 amide bonds. The van der Waals surface area contributed by atoms with Crippen molar-refractivity contribution in [2.75, 3.05) is 6.61 Å². The lowest BCUT2D eigenvalue weighted by molar-refractivity contribution is 0.318. The number of hydrogen-bond donors (Lipinski definition) is 1. The van der Waals surface area contributed by atoms with Crippen LogP contribution in [0.1, 0.15) is 6.92 Å². The minimum atomic E-state index is 0. The molecular weight excluding hydrogens is 83.0 g/mol. The monoisotopic (exact) mass is 91.0 g/mol. The fraction of sp³-hybridized carbons (Fsp3) is 1.00. The van der Waals surface area contributed by atoms with Gasteiger partial charge in [0.15, 0.2) is 0 Å². The molecule has 0 spiro atoms. The van der Waals surface area contributed by atoms with Crippen LogP contribution in [-0.4, -0.2) is 34.6 Å². The molecule has 0 aliphatic carbocycles. The van der Waals surface area contributed by atoms with Gasteiger partial charge < -0.3 is 10.6 Å². The van der Waals surface area contributed by atoms with Crippen molar-refractivity contribution >= 4 is 17.4 Å². The van der Waals surface area contributed by atoms with E-state index in [-0.39, 0.29) is 29.4 Å². The van der Waals surface area contributed by atoms with Crippen molar-refractivity contribution in [3.63, 3.8) is 0 Å². The molecule has 0 heterocycles. The Morgan fingerprint density at radius 1 is 1.60 bits per heavy atom. The average Bonchev–Trinajstić information content (AvgIpc) is 0.918. The quantitative estimate of drug-likeness (QED) is 0.374. The fourth-order valence-electron chi connectivity index (χ4n) is 0. The van der Waals surface area contributed by atoms with E-state index in [1.54, 1.807) is 6.92 Å². The summed E-state index contributed by atoms with van der Waals surface area (Å²) < 4.78 is 0. The van der Waals surface area contributed by atoms with Crippen LogP contribution in [-0.2, 0) is 0 Å². The molecule has 2 nitrogen and oxygen atoms in total. The van der Waals surface area contributed by atoms with Crippen molar-refractivity contribution in [2.45, 2.75) is 6.92 Å². The topological polar surface area (TPSA) is 51.7 Å². The maximum Gasteiger partial charge on any atom is 0.0402 e. The van der Waals surface area contributed by atoms with Crippen LogP contribution in [0, 0.1) is 0 Å². The van der Waals surface area contributed by atoms with Crippen molar-refractivity contribution in [3.8, 4) is 0 Å². The van der Waals surface area contributed by atoms with E-state index in [4.69, 9.17) is 5.11 Å². The van der Waals surface area contributed by atoms with Crippen LogP contribution in [0.25, 0.3) is 0 Å². The summed E-state index contributed by atoms with van der Waals surface area (Å²) in [5, 5.41) is 7.57. The zero-order valence-electron chi connectivity index (χ0n) is 3.23. The molecule has 0 aromatic carbocycles. The summed E-state index contributed by atoms with van der Waals surface area (Å²) in [4.78, 5) is 0. The molecule has 0 aliphatic heterocycles. The van der Waals surface area contributed by atoms with E-state index in [1.807, 2.05) is 0 Å². The largest absolute Gasteiger partial charge is 0.412 e. The molecule has 0 bridgehead atoms. The van der Waals surface area contributed by atoms with Crippen molar-refractivity contribution in [3.05, 3.63) is 0 Å². The Kier molecular flexibility index (Phi) is 90.4. The molecule has 0 atom stereocenters. The zero-order valence-corrected chi connectivity index (χ0v) is 4.39. The third-order valence-electron chi connectivity index (χ3n) is 0. The summed E-state index contributed by atoms with van der Waals surface area (Å²) >= 11 is 0. The Morgan fingerprint density at radius 3 is 1.60 bits per heavy atom. The van der Waals surface area contributed by atoms with Crippen LogP contribution in [0.4, 0.5) is 0 Å². The van der Waals surface area contributed by atoms with Gasteiger partial charge in [-0.1, -0.05) is 0 Å². The normalized spacial score (nSPS) is 3.60. The second kappa shape index (κ2) is 25.2. The molecule has 0 aromatic heterocycles. The van der Waals surface area contributed by atoms with Crippen molar-refractivity contribution in [2.24, 2.45) is 0 Å². The summed E-state index contributed by atoms with van der Waals surface area (Å²) in [5.74, 6) is 0. The second-order valence-corrected chi connectivity index (χ2v) is 0.316.